The number of ether oxygens (including phenoxy) is 1. The van der Waals surface area contributed by atoms with Crippen molar-refractivity contribution in [3.63, 3.8) is 0 Å². The van der Waals surface area contributed by atoms with E-state index in [0.29, 0.717) is 17.9 Å². The summed E-state index contributed by atoms with van der Waals surface area (Å²) in [5, 5.41) is 2.07. The highest BCUT2D eigenvalue weighted by atomic mass is 35.5. The van der Waals surface area contributed by atoms with E-state index in [2.05, 4.69) is 10.3 Å². The van der Waals surface area contributed by atoms with Crippen LogP contribution in [-0.2, 0) is 6.54 Å². The number of rotatable bonds is 5. The zero-order chi connectivity index (χ0) is 15.2. The van der Waals surface area contributed by atoms with E-state index in [1.54, 1.807) is 24.5 Å². The summed E-state index contributed by atoms with van der Waals surface area (Å²) in [7, 11) is 1.43. The lowest BCUT2D eigenvalue weighted by molar-refractivity contribution is 0.0951. The second-order valence-corrected chi connectivity index (χ2v) is 4.58. The van der Waals surface area contributed by atoms with Crippen LogP contribution in [0.2, 0.25) is 0 Å². The fraction of sp³-hybridized carbons (Fsp3) is 0.133. The number of pyridine rings is 1. The molecule has 0 fully saturated rings. The summed E-state index contributed by atoms with van der Waals surface area (Å²) in [5.41, 5.74) is 1.38. The highest BCUT2D eigenvalue weighted by Gasteiger charge is 2.14. The molecule has 21 heavy (non-hydrogen) atoms. The number of carbonyl (C=O) groups is 2. The molecule has 0 aliphatic carbocycles. The van der Waals surface area contributed by atoms with Gasteiger partial charge in [-0.15, -0.1) is 0 Å². The van der Waals surface area contributed by atoms with Gasteiger partial charge in [-0.3, -0.25) is 14.6 Å². The van der Waals surface area contributed by atoms with Crippen LogP contribution in [0.15, 0.2) is 42.7 Å². The Hall–Kier alpha value is -2.40. The number of methoxy groups -OCH3 is 1. The lowest BCUT2D eigenvalue weighted by atomic mass is 10.1. The van der Waals surface area contributed by atoms with Crippen LogP contribution in [0, 0.1) is 0 Å². The normalized spacial score (nSPS) is 10.0. The van der Waals surface area contributed by atoms with Crippen molar-refractivity contribution in [3.05, 3.63) is 59.4 Å². The minimum Gasteiger partial charge on any atom is -0.496 e. The summed E-state index contributed by atoms with van der Waals surface area (Å²) in [4.78, 5) is 27.4. The van der Waals surface area contributed by atoms with Gasteiger partial charge in [-0.05, 0) is 41.4 Å². The number of nitrogens with one attached hydrogen (secondary N) is 1. The van der Waals surface area contributed by atoms with E-state index >= 15 is 0 Å². The van der Waals surface area contributed by atoms with Crippen molar-refractivity contribution in [3.8, 4) is 5.75 Å². The topological polar surface area (TPSA) is 68.3 Å². The summed E-state index contributed by atoms with van der Waals surface area (Å²) >= 11 is 5.48. The molecule has 2 aromatic rings. The standard InChI is InChI=1S/C15H13ClN2O3/c1-21-13-5-4-11(7-12(13)14(16)19)15(20)18-9-10-3-2-6-17-8-10/h2-8H,9H2,1H3,(H,18,20). The third-order valence-corrected chi connectivity index (χ3v) is 3.05. The third kappa shape index (κ3) is 3.79. The number of halogens is 1. The van der Waals surface area contributed by atoms with Gasteiger partial charge in [-0.2, -0.15) is 0 Å². The van der Waals surface area contributed by atoms with Gasteiger partial charge < -0.3 is 10.1 Å². The van der Waals surface area contributed by atoms with Gasteiger partial charge in [0.1, 0.15) is 5.75 Å². The molecule has 2 rings (SSSR count). The van der Waals surface area contributed by atoms with Crippen molar-refractivity contribution in [2.24, 2.45) is 0 Å². The molecule has 0 saturated heterocycles. The van der Waals surface area contributed by atoms with Crippen LogP contribution in [-0.4, -0.2) is 23.2 Å². The molecule has 0 bridgehead atoms. The lowest BCUT2D eigenvalue weighted by Crippen LogP contribution is -2.23. The summed E-state index contributed by atoms with van der Waals surface area (Å²) in [5.74, 6) is 0.0273. The lowest BCUT2D eigenvalue weighted by Gasteiger charge is -2.08. The average Bonchev–Trinajstić information content (AvgIpc) is 2.52. The van der Waals surface area contributed by atoms with Gasteiger partial charge in [-0.1, -0.05) is 6.07 Å². The first-order valence-corrected chi connectivity index (χ1v) is 6.54. The number of hydrogen-bond acceptors (Lipinski definition) is 4. The highest BCUT2D eigenvalue weighted by molar-refractivity contribution is 6.68. The minimum atomic E-state index is -0.672. The number of hydrogen-bond donors (Lipinski definition) is 1. The molecule has 108 valence electrons. The molecule has 1 amide bonds. The van der Waals surface area contributed by atoms with E-state index in [4.69, 9.17) is 16.3 Å². The molecule has 0 radical (unpaired) electrons. The van der Waals surface area contributed by atoms with Gasteiger partial charge in [0, 0.05) is 24.5 Å². The van der Waals surface area contributed by atoms with E-state index in [0.717, 1.165) is 5.56 Å². The number of nitrogens with zero attached hydrogens (tertiary/aromatic N) is 1. The van der Waals surface area contributed by atoms with Crippen molar-refractivity contribution in [2.75, 3.05) is 7.11 Å². The Labute approximate surface area is 126 Å². The van der Waals surface area contributed by atoms with Crippen LogP contribution in [0.3, 0.4) is 0 Å². The van der Waals surface area contributed by atoms with E-state index in [1.165, 1.54) is 19.2 Å². The van der Waals surface area contributed by atoms with Crippen LogP contribution in [0.5, 0.6) is 5.75 Å². The molecule has 1 aromatic heterocycles. The van der Waals surface area contributed by atoms with Crippen molar-refractivity contribution in [1.82, 2.24) is 10.3 Å². The number of carbonyl (C=O) groups excluding carboxylic acids is 2. The maximum atomic E-state index is 12.1. The Bertz CT molecular complexity index is 659. The fourth-order valence-corrected chi connectivity index (χ4v) is 1.94. The zero-order valence-electron chi connectivity index (χ0n) is 11.3. The second kappa shape index (κ2) is 6.85. The number of benzene rings is 1. The Morgan fingerprint density at radius 3 is 2.76 bits per heavy atom. The van der Waals surface area contributed by atoms with Crippen LogP contribution < -0.4 is 10.1 Å². The first kappa shape index (κ1) is 15.0. The van der Waals surface area contributed by atoms with Crippen LogP contribution in [0.1, 0.15) is 26.3 Å². The Balaban J connectivity index is 2.12. The number of amides is 1. The molecule has 5 nitrogen and oxygen atoms in total. The Kier molecular flexibility index (Phi) is 4.90. The number of aromatic nitrogens is 1. The smallest absolute Gasteiger partial charge is 0.256 e. The summed E-state index contributed by atoms with van der Waals surface area (Å²) in [6.45, 7) is 0.350. The first-order chi connectivity index (χ1) is 10.1. The predicted octanol–water partition coefficient (Wildman–Crippen LogP) is 2.40. The maximum Gasteiger partial charge on any atom is 0.256 e. The predicted molar refractivity (Wildman–Crippen MR) is 78.6 cm³/mol. The molecule has 1 N–H and O–H groups in total. The molecule has 0 aliphatic rings. The molecule has 0 saturated carbocycles. The molecule has 6 heteroatoms. The van der Waals surface area contributed by atoms with Crippen molar-refractivity contribution < 1.29 is 14.3 Å². The molecule has 0 atom stereocenters. The van der Waals surface area contributed by atoms with Crippen LogP contribution in [0.4, 0.5) is 0 Å². The quantitative estimate of drug-likeness (QED) is 0.861. The van der Waals surface area contributed by atoms with Gasteiger partial charge in [0.2, 0.25) is 0 Å². The zero-order valence-corrected chi connectivity index (χ0v) is 12.1. The molecular formula is C15H13ClN2O3. The van der Waals surface area contributed by atoms with E-state index in [9.17, 15) is 9.59 Å². The van der Waals surface area contributed by atoms with Crippen LogP contribution in [0.25, 0.3) is 0 Å². The first-order valence-electron chi connectivity index (χ1n) is 6.17. The minimum absolute atomic E-state index is 0.160. The van der Waals surface area contributed by atoms with Crippen molar-refractivity contribution in [1.29, 1.82) is 0 Å². The molecule has 0 spiro atoms. The van der Waals surface area contributed by atoms with Gasteiger partial charge >= 0.3 is 0 Å². The van der Waals surface area contributed by atoms with E-state index in [1.807, 2.05) is 6.07 Å². The molecule has 1 heterocycles. The van der Waals surface area contributed by atoms with Crippen LogP contribution >= 0.6 is 11.6 Å². The van der Waals surface area contributed by atoms with E-state index in [-0.39, 0.29) is 11.5 Å². The van der Waals surface area contributed by atoms with Gasteiger partial charge in [0.25, 0.3) is 11.1 Å². The van der Waals surface area contributed by atoms with E-state index < -0.39 is 5.24 Å². The summed E-state index contributed by atoms with van der Waals surface area (Å²) < 4.78 is 5.03. The molecule has 0 unspecified atom stereocenters. The molecular weight excluding hydrogens is 292 g/mol. The van der Waals surface area contributed by atoms with Gasteiger partial charge in [0.05, 0.1) is 12.7 Å². The summed E-state index contributed by atoms with van der Waals surface area (Å²) in [6, 6.07) is 8.16. The second-order valence-electron chi connectivity index (χ2n) is 4.23. The molecule has 0 aliphatic heterocycles. The molecule has 1 aromatic carbocycles. The van der Waals surface area contributed by atoms with Gasteiger partial charge in [-0.25, -0.2) is 0 Å². The van der Waals surface area contributed by atoms with Crippen molar-refractivity contribution >= 4 is 22.8 Å². The average molecular weight is 305 g/mol. The summed E-state index contributed by atoms with van der Waals surface area (Å²) in [6.07, 6.45) is 3.33. The fourth-order valence-electron chi connectivity index (χ4n) is 1.79. The van der Waals surface area contributed by atoms with Crippen molar-refractivity contribution in [2.45, 2.75) is 6.54 Å². The maximum absolute atomic E-state index is 12.1. The monoisotopic (exact) mass is 304 g/mol. The SMILES string of the molecule is COc1ccc(C(=O)NCc2cccnc2)cc1C(=O)Cl. The Morgan fingerprint density at radius 1 is 1.33 bits per heavy atom. The largest absolute Gasteiger partial charge is 0.496 e. The third-order valence-electron chi connectivity index (χ3n) is 2.85. The highest BCUT2D eigenvalue weighted by Crippen LogP contribution is 2.21. The van der Waals surface area contributed by atoms with Gasteiger partial charge in [0.15, 0.2) is 0 Å². The Morgan fingerprint density at radius 2 is 2.14 bits per heavy atom.